The summed E-state index contributed by atoms with van der Waals surface area (Å²) in [5, 5.41) is 0. The Bertz CT molecular complexity index is 45.3. The van der Waals surface area contributed by atoms with Crippen LogP contribution in [0.5, 0.6) is 0 Å². The zero-order chi connectivity index (χ0) is 4.12. The minimum absolute atomic E-state index is 0.892. The van der Waals surface area contributed by atoms with Crippen LogP contribution in [0.1, 0.15) is 0 Å². The topological polar surface area (TPSA) is 9.23 Å². The van der Waals surface area contributed by atoms with Crippen molar-refractivity contribution in [2.75, 3.05) is 6.86 Å². The van der Waals surface area contributed by atoms with Gasteiger partial charge in [-0.15, -0.1) is 0 Å². The normalized spacial score (nSPS) is 5.60. The lowest BCUT2D eigenvalue weighted by Gasteiger charge is -1.75. The molecule has 0 aliphatic rings. The summed E-state index contributed by atoms with van der Waals surface area (Å²) in [4.78, 5) is 0. The summed E-state index contributed by atoms with van der Waals surface area (Å²) in [6.07, 6.45) is 6.07. The average molecular weight is 74.1 g/mol. The number of halogens is 1. The van der Waals surface area contributed by atoms with Gasteiger partial charge in [0.25, 0.3) is 0 Å². The maximum Gasteiger partial charge on any atom is 0.238 e. The van der Waals surface area contributed by atoms with E-state index in [9.17, 15) is 4.39 Å². The second kappa shape index (κ2) is 3.29. The molecule has 2 heteroatoms. The lowest BCUT2D eigenvalue weighted by molar-refractivity contribution is 0.161. The van der Waals surface area contributed by atoms with Gasteiger partial charge in [0.2, 0.25) is 6.86 Å². The van der Waals surface area contributed by atoms with Crippen molar-refractivity contribution in [3.05, 3.63) is 0 Å². The van der Waals surface area contributed by atoms with Crippen LogP contribution in [0.25, 0.3) is 0 Å². The van der Waals surface area contributed by atoms with E-state index in [4.69, 9.17) is 0 Å². The maximum absolute atomic E-state index is 10.6. The van der Waals surface area contributed by atoms with Crippen LogP contribution in [0, 0.1) is 12.5 Å². The lowest BCUT2D eigenvalue weighted by Crippen LogP contribution is -1.70. The smallest absolute Gasteiger partial charge is 0.238 e. The van der Waals surface area contributed by atoms with E-state index in [0.29, 0.717) is 0 Å². The van der Waals surface area contributed by atoms with E-state index in [0.717, 1.165) is 0 Å². The molecule has 0 amide bonds. The van der Waals surface area contributed by atoms with Crippen molar-refractivity contribution in [2.45, 2.75) is 0 Å². The van der Waals surface area contributed by atoms with Crippen LogP contribution in [-0.4, -0.2) is 6.86 Å². The van der Waals surface area contributed by atoms with Gasteiger partial charge >= 0.3 is 0 Å². The summed E-state index contributed by atoms with van der Waals surface area (Å²) >= 11 is 0. The largest absolute Gasteiger partial charge is 0.413 e. The van der Waals surface area contributed by atoms with Crippen LogP contribution in [0.3, 0.4) is 0 Å². The van der Waals surface area contributed by atoms with Gasteiger partial charge < -0.3 is 4.74 Å². The number of rotatable bonds is 1. The third-order valence-corrected chi connectivity index (χ3v) is 0.138. The molecule has 0 N–H and O–H groups in total. The minimum Gasteiger partial charge on any atom is -0.413 e. The third-order valence-electron chi connectivity index (χ3n) is 0.138. The van der Waals surface area contributed by atoms with Crippen molar-refractivity contribution < 1.29 is 9.13 Å². The Balaban J connectivity index is 2.48. The van der Waals surface area contributed by atoms with Gasteiger partial charge in [0.1, 0.15) is 6.11 Å². The molecule has 0 aliphatic heterocycles. The third kappa shape index (κ3) is 3.29. The molecule has 0 bridgehead atoms. The zero-order valence-electron chi connectivity index (χ0n) is 2.57. The molecule has 28 valence electrons. The molecule has 0 atom stereocenters. The van der Waals surface area contributed by atoms with Crippen molar-refractivity contribution in [1.82, 2.24) is 0 Å². The van der Waals surface area contributed by atoms with E-state index in [2.05, 4.69) is 11.2 Å². The molecule has 0 aromatic carbocycles. The Morgan fingerprint density at radius 1 is 2.00 bits per heavy atom. The van der Waals surface area contributed by atoms with Crippen molar-refractivity contribution in [3.8, 4) is 12.5 Å². The van der Waals surface area contributed by atoms with Gasteiger partial charge in [-0.1, -0.05) is 6.42 Å². The molecule has 5 heavy (non-hydrogen) atoms. The number of hydrogen-bond acceptors (Lipinski definition) is 1. The summed E-state index contributed by atoms with van der Waals surface area (Å²) in [5.41, 5.74) is 0. The van der Waals surface area contributed by atoms with E-state index in [-0.39, 0.29) is 0 Å². The van der Waals surface area contributed by atoms with Crippen molar-refractivity contribution in [2.24, 2.45) is 0 Å². The first-order valence-corrected chi connectivity index (χ1v) is 1.05. The van der Waals surface area contributed by atoms with Gasteiger partial charge in [-0.05, 0) is 0 Å². The summed E-state index contributed by atoms with van der Waals surface area (Å²) < 4.78 is 14.3. The molecule has 0 radical (unpaired) electrons. The number of terminal acetylenes is 1. The highest BCUT2D eigenvalue weighted by Crippen LogP contribution is 1.63. The van der Waals surface area contributed by atoms with Crippen molar-refractivity contribution >= 4 is 0 Å². The molecular weight excluding hydrogens is 71.0 g/mol. The summed E-state index contributed by atoms with van der Waals surface area (Å²) in [6.45, 7) is -0.892. The number of hydrogen-bond donors (Lipinski definition) is 0. The van der Waals surface area contributed by atoms with E-state index in [1.165, 1.54) is 0 Å². The van der Waals surface area contributed by atoms with Crippen LogP contribution < -0.4 is 0 Å². The fourth-order valence-electron chi connectivity index (χ4n) is 0.0315. The molecule has 0 spiro atoms. The fraction of sp³-hybridized carbons (Fsp3) is 0.333. The highest BCUT2D eigenvalue weighted by Gasteiger charge is 1.60. The standard InChI is InChI=1S/C3H3FO/c1-2-5-3-4/h1H,3H2. The van der Waals surface area contributed by atoms with Gasteiger partial charge in [0, 0.05) is 0 Å². The first-order valence-electron chi connectivity index (χ1n) is 1.05. The van der Waals surface area contributed by atoms with Gasteiger partial charge in [0.15, 0.2) is 0 Å². The molecule has 0 heterocycles. The Morgan fingerprint density at radius 3 is 2.60 bits per heavy atom. The molecule has 1 nitrogen and oxygen atoms in total. The first kappa shape index (κ1) is 4.29. The molecule has 0 aliphatic carbocycles. The molecule has 0 aromatic heterocycles. The highest BCUT2D eigenvalue weighted by atomic mass is 19.1. The van der Waals surface area contributed by atoms with E-state index < -0.39 is 6.86 Å². The molecule has 0 unspecified atom stereocenters. The first-order chi connectivity index (χ1) is 2.41. The van der Waals surface area contributed by atoms with Gasteiger partial charge in [0.05, 0.1) is 0 Å². The number of ether oxygens (including phenoxy) is 1. The van der Waals surface area contributed by atoms with E-state index in [1.54, 1.807) is 6.11 Å². The summed E-state index contributed by atoms with van der Waals surface area (Å²) in [6, 6.07) is 0. The van der Waals surface area contributed by atoms with Crippen LogP contribution in [-0.2, 0) is 4.74 Å². The molecule has 0 fully saturated rings. The van der Waals surface area contributed by atoms with E-state index >= 15 is 0 Å². The quantitative estimate of drug-likeness (QED) is 0.412. The maximum atomic E-state index is 10.6. The summed E-state index contributed by atoms with van der Waals surface area (Å²) in [7, 11) is 0. The van der Waals surface area contributed by atoms with Crippen LogP contribution in [0.2, 0.25) is 0 Å². The predicted octanol–water partition coefficient (Wildman–Crippen LogP) is 0.521. The second-order valence-corrected chi connectivity index (χ2v) is 0.371. The summed E-state index contributed by atoms with van der Waals surface area (Å²) in [5.74, 6) is 0. The number of alkyl halides is 1. The molecule has 0 saturated heterocycles. The fourth-order valence-corrected chi connectivity index (χ4v) is 0.0315. The lowest BCUT2D eigenvalue weighted by atomic mass is 11.3. The molecule has 0 saturated carbocycles. The molecule has 0 aromatic rings. The highest BCUT2D eigenvalue weighted by molar-refractivity contribution is 4.66. The van der Waals surface area contributed by atoms with Crippen LogP contribution in [0.4, 0.5) is 4.39 Å². The SMILES string of the molecule is C#COCF. The minimum atomic E-state index is -0.892. The molecule has 0 rings (SSSR count). The van der Waals surface area contributed by atoms with E-state index in [1.807, 2.05) is 0 Å². The Labute approximate surface area is 29.7 Å². The Hall–Kier alpha value is -0.710. The van der Waals surface area contributed by atoms with Gasteiger partial charge in [-0.2, -0.15) is 0 Å². The van der Waals surface area contributed by atoms with Crippen molar-refractivity contribution in [3.63, 3.8) is 0 Å². The predicted molar refractivity (Wildman–Crippen MR) is 15.9 cm³/mol. The molecular formula is C3H3FO. The van der Waals surface area contributed by atoms with Gasteiger partial charge in [-0.25, -0.2) is 4.39 Å². The van der Waals surface area contributed by atoms with Crippen LogP contribution >= 0.6 is 0 Å². The monoisotopic (exact) mass is 74.0 g/mol. The zero-order valence-corrected chi connectivity index (χ0v) is 2.57. The Morgan fingerprint density at radius 2 is 2.60 bits per heavy atom. The Kier molecular flexibility index (Phi) is 2.82. The van der Waals surface area contributed by atoms with Crippen LogP contribution in [0.15, 0.2) is 0 Å². The van der Waals surface area contributed by atoms with Crippen molar-refractivity contribution in [1.29, 1.82) is 0 Å². The average Bonchev–Trinajstić information content (AvgIpc) is 1.41. The van der Waals surface area contributed by atoms with Gasteiger partial charge in [-0.3, -0.25) is 0 Å². The second-order valence-electron chi connectivity index (χ2n) is 0.371.